The van der Waals surface area contributed by atoms with Gasteiger partial charge in [0.05, 0.1) is 26.3 Å². The maximum atomic E-state index is 12.4. The smallest absolute Gasteiger partial charge is 0.465 e. The lowest BCUT2D eigenvalue weighted by Crippen LogP contribution is -2.30. The molecule has 2 aromatic carbocycles. The molecule has 0 spiro atoms. The van der Waals surface area contributed by atoms with E-state index in [1.807, 2.05) is 38.1 Å². The minimum Gasteiger partial charge on any atom is -0.465 e. The Bertz CT molecular complexity index is 1210. The Kier molecular flexibility index (Phi) is 18.7. The van der Waals surface area contributed by atoms with Gasteiger partial charge in [-0.1, -0.05) is 68.2 Å². The van der Waals surface area contributed by atoms with Crippen LogP contribution in [0.4, 0.5) is 4.79 Å². The van der Waals surface area contributed by atoms with E-state index in [0.29, 0.717) is 38.8 Å². The molecule has 0 aliphatic carbocycles. The highest BCUT2D eigenvalue weighted by Gasteiger charge is 2.28. The van der Waals surface area contributed by atoms with E-state index in [9.17, 15) is 4.79 Å². The van der Waals surface area contributed by atoms with Crippen LogP contribution in [-0.4, -0.2) is 53.4 Å². The van der Waals surface area contributed by atoms with E-state index in [1.165, 1.54) is 9.79 Å². The summed E-state index contributed by atoms with van der Waals surface area (Å²) >= 11 is 3.61. The van der Waals surface area contributed by atoms with Crippen LogP contribution in [0.3, 0.4) is 0 Å². The average Bonchev–Trinajstić information content (AvgIpc) is 3.03. The zero-order chi connectivity index (χ0) is 37.1. The number of carbonyl (C=O) groups excluding carboxylic acids is 1. The van der Waals surface area contributed by atoms with Crippen molar-refractivity contribution >= 4 is 29.7 Å². The van der Waals surface area contributed by atoms with Crippen LogP contribution in [0, 0.1) is 0 Å². The molecule has 0 aromatic heterocycles. The van der Waals surface area contributed by atoms with Crippen molar-refractivity contribution in [2.75, 3.05) is 26.3 Å². The summed E-state index contributed by atoms with van der Waals surface area (Å²) in [6.07, 6.45) is 5.41. The maximum absolute atomic E-state index is 12.4. The highest BCUT2D eigenvalue weighted by atomic mass is 32.2. The van der Waals surface area contributed by atoms with Crippen molar-refractivity contribution in [3.63, 3.8) is 0 Å². The fourth-order valence-corrected chi connectivity index (χ4v) is 6.58. The van der Waals surface area contributed by atoms with E-state index in [1.54, 1.807) is 23.5 Å². The van der Waals surface area contributed by atoms with Gasteiger partial charge in [0.2, 0.25) is 11.4 Å². The third-order valence-corrected chi connectivity index (χ3v) is 9.21. The standard InChI is InChI=1S/C39H62N4O5S2/c1-11-13-27-40-42-38(9,47-31-17-21-33(22-18-31)49-36(3,4)5)25-15-29-45-35(44)46-30-16-26-39(10,43-41-28-14-12-2)48-32-19-23-34(24-20-32)50-37(6,7)8/h17-24H,11-16,25-30H2,1-10H3. The maximum Gasteiger partial charge on any atom is 0.508 e. The lowest BCUT2D eigenvalue weighted by Gasteiger charge is -2.26. The topological polar surface area (TPSA) is 103 Å². The Morgan fingerprint density at radius 2 is 0.940 bits per heavy atom. The Hall–Kier alpha value is -2.79. The van der Waals surface area contributed by atoms with Gasteiger partial charge in [0.15, 0.2) is 0 Å². The molecular formula is C39H62N4O5S2. The predicted molar refractivity (Wildman–Crippen MR) is 207 cm³/mol. The largest absolute Gasteiger partial charge is 0.508 e. The van der Waals surface area contributed by atoms with E-state index in [-0.39, 0.29) is 22.7 Å². The van der Waals surface area contributed by atoms with Gasteiger partial charge in [-0.3, -0.25) is 0 Å². The van der Waals surface area contributed by atoms with Crippen molar-refractivity contribution < 1.29 is 23.7 Å². The third kappa shape index (κ3) is 19.6. The van der Waals surface area contributed by atoms with Crippen molar-refractivity contribution in [1.82, 2.24) is 0 Å². The van der Waals surface area contributed by atoms with Crippen molar-refractivity contribution in [1.29, 1.82) is 0 Å². The van der Waals surface area contributed by atoms with Gasteiger partial charge < -0.3 is 18.9 Å². The summed E-state index contributed by atoms with van der Waals surface area (Å²) in [4.78, 5) is 14.8. The lowest BCUT2D eigenvalue weighted by atomic mass is 10.1. The summed E-state index contributed by atoms with van der Waals surface area (Å²) in [5.41, 5.74) is -1.77. The van der Waals surface area contributed by atoms with Crippen LogP contribution in [0.25, 0.3) is 0 Å². The van der Waals surface area contributed by atoms with Gasteiger partial charge in [0.1, 0.15) is 11.5 Å². The first-order valence-electron chi connectivity index (χ1n) is 18.1. The molecule has 11 heteroatoms. The molecule has 9 nitrogen and oxygen atoms in total. The number of hydrogen-bond acceptors (Lipinski definition) is 11. The Balaban J connectivity index is 1.88. The van der Waals surface area contributed by atoms with E-state index in [2.05, 4.69) is 100 Å². The molecule has 2 unspecified atom stereocenters. The van der Waals surface area contributed by atoms with Crippen LogP contribution in [-0.2, 0) is 9.47 Å². The molecular weight excluding hydrogens is 669 g/mol. The molecule has 2 rings (SSSR count). The third-order valence-electron chi connectivity index (χ3n) is 6.97. The monoisotopic (exact) mass is 730 g/mol. The van der Waals surface area contributed by atoms with E-state index in [4.69, 9.17) is 18.9 Å². The Morgan fingerprint density at radius 1 is 0.580 bits per heavy atom. The molecule has 2 atom stereocenters. The number of benzene rings is 2. The van der Waals surface area contributed by atoms with Crippen molar-refractivity contribution in [2.24, 2.45) is 20.5 Å². The van der Waals surface area contributed by atoms with Crippen LogP contribution in [0.1, 0.15) is 121 Å². The minimum absolute atomic E-state index is 0.124. The van der Waals surface area contributed by atoms with Crippen molar-refractivity contribution in [2.45, 2.75) is 151 Å². The van der Waals surface area contributed by atoms with Gasteiger partial charge in [-0.05, 0) is 88.1 Å². The Morgan fingerprint density at radius 3 is 1.26 bits per heavy atom. The Labute approximate surface area is 310 Å². The first-order valence-corrected chi connectivity index (χ1v) is 19.7. The second kappa shape index (κ2) is 21.5. The number of carbonyl (C=O) groups is 1. The molecule has 0 radical (unpaired) electrons. The number of unbranched alkanes of at least 4 members (excludes halogenated alkanes) is 2. The number of rotatable bonds is 22. The van der Waals surface area contributed by atoms with Gasteiger partial charge in [-0.25, -0.2) is 4.79 Å². The van der Waals surface area contributed by atoms with E-state index in [0.717, 1.165) is 37.2 Å². The van der Waals surface area contributed by atoms with Crippen LogP contribution in [0.5, 0.6) is 11.5 Å². The van der Waals surface area contributed by atoms with Gasteiger partial charge in [0, 0.05) is 32.1 Å². The number of thioether (sulfide) groups is 2. The molecule has 280 valence electrons. The SMILES string of the molecule is CCCCN=NC(C)(CCCOC(=O)OCCCC(C)(N=NCCCC)Oc1ccc(SC(C)(C)C)cc1)Oc1ccc(SC(C)(C)C)cc1. The van der Waals surface area contributed by atoms with Gasteiger partial charge in [-0.15, -0.1) is 33.8 Å². The summed E-state index contributed by atoms with van der Waals surface area (Å²) in [6.45, 7) is 22.9. The second-order valence-corrected chi connectivity index (χ2v) is 18.5. The zero-order valence-corrected chi connectivity index (χ0v) is 33.9. The van der Waals surface area contributed by atoms with Crippen LogP contribution in [0.2, 0.25) is 0 Å². The molecule has 0 N–H and O–H groups in total. The molecule has 0 aliphatic rings. The average molecular weight is 731 g/mol. The highest BCUT2D eigenvalue weighted by molar-refractivity contribution is 8.00. The van der Waals surface area contributed by atoms with E-state index >= 15 is 0 Å². The quantitative estimate of drug-likeness (QED) is 0.0514. The summed E-state index contributed by atoms with van der Waals surface area (Å²) in [7, 11) is 0. The molecule has 0 saturated carbocycles. The van der Waals surface area contributed by atoms with Crippen LogP contribution >= 0.6 is 23.5 Å². The van der Waals surface area contributed by atoms with Crippen molar-refractivity contribution in [3.05, 3.63) is 48.5 Å². The molecule has 0 saturated heterocycles. The molecule has 50 heavy (non-hydrogen) atoms. The second-order valence-electron chi connectivity index (χ2n) is 14.7. The number of nitrogens with zero attached hydrogens (tertiary/aromatic N) is 4. The van der Waals surface area contributed by atoms with Gasteiger partial charge in [-0.2, -0.15) is 10.2 Å². The molecule has 0 fully saturated rings. The highest BCUT2D eigenvalue weighted by Crippen LogP contribution is 2.35. The number of hydrogen-bond donors (Lipinski definition) is 0. The summed E-state index contributed by atoms with van der Waals surface area (Å²) in [6, 6.07) is 16.1. The predicted octanol–water partition coefficient (Wildman–Crippen LogP) is 12.6. The van der Waals surface area contributed by atoms with E-state index < -0.39 is 17.6 Å². The normalized spacial score (nSPS) is 14.8. The molecule has 2 aromatic rings. The molecule has 0 heterocycles. The van der Waals surface area contributed by atoms with Crippen molar-refractivity contribution in [3.8, 4) is 11.5 Å². The summed E-state index contributed by atoms with van der Waals surface area (Å²) in [5, 5.41) is 17.9. The number of azo groups is 2. The molecule has 0 amide bonds. The lowest BCUT2D eigenvalue weighted by molar-refractivity contribution is 0.0319. The van der Waals surface area contributed by atoms with Crippen LogP contribution in [0.15, 0.2) is 78.8 Å². The summed E-state index contributed by atoms with van der Waals surface area (Å²) < 4.78 is 23.7. The molecule has 0 aliphatic heterocycles. The summed E-state index contributed by atoms with van der Waals surface area (Å²) in [5.74, 6) is 1.44. The zero-order valence-electron chi connectivity index (χ0n) is 32.3. The first kappa shape index (κ1) is 43.4. The molecule has 0 bridgehead atoms. The van der Waals surface area contributed by atoms with Gasteiger partial charge in [0.25, 0.3) is 0 Å². The first-order chi connectivity index (χ1) is 23.5. The van der Waals surface area contributed by atoms with Gasteiger partial charge >= 0.3 is 6.16 Å². The van der Waals surface area contributed by atoms with Crippen LogP contribution < -0.4 is 9.47 Å². The fourth-order valence-electron chi connectivity index (χ4n) is 4.62. The fraction of sp³-hybridized carbons (Fsp3) is 0.667. The minimum atomic E-state index is -0.887. The number of ether oxygens (including phenoxy) is 4.